The third-order valence-corrected chi connectivity index (χ3v) is 4.26. The van der Waals surface area contributed by atoms with Crippen molar-refractivity contribution in [2.45, 2.75) is 26.3 Å². The van der Waals surface area contributed by atoms with E-state index in [0.717, 1.165) is 29.5 Å². The standard InChI is InChI=1S/C11H8ClNO.C9H18N2O2.C2H4O/c1-2-8-7-14-13-11(8)9-3-5-10(12)6-4-9;1-7(2)6-11-9(12)8(10-3)4-5-13-11;1-2-3/h2-7H,1H2;7-8,10H,4-6H2,1-3H3;2-3H,1H2. The molecule has 7 nitrogen and oxygen atoms in total. The fraction of sp³-hybridized carbons (Fsp3) is 0.364. The Hall–Kier alpha value is -2.61. The van der Waals surface area contributed by atoms with Gasteiger partial charge in [-0.15, -0.1) is 0 Å². The SMILES string of the molecule is C=CO.C=Cc1conc1-c1ccc(Cl)cc1.CNC1CCON(CC(C)C)C1=O. The second-order valence-corrected chi connectivity index (χ2v) is 7.20. The van der Waals surface area contributed by atoms with E-state index in [4.69, 9.17) is 26.1 Å². The number of hydrogen-bond acceptors (Lipinski definition) is 6. The lowest BCUT2D eigenvalue weighted by Crippen LogP contribution is -2.51. The van der Waals surface area contributed by atoms with Crippen molar-refractivity contribution in [3.63, 3.8) is 0 Å². The van der Waals surface area contributed by atoms with Crippen LogP contribution in [0, 0.1) is 5.92 Å². The Balaban J connectivity index is 0.000000266. The normalized spacial score (nSPS) is 15.6. The third kappa shape index (κ3) is 8.02. The monoisotopic (exact) mass is 435 g/mol. The molecule has 1 atom stereocenters. The van der Waals surface area contributed by atoms with Gasteiger partial charge in [-0.3, -0.25) is 9.63 Å². The molecule has 1 aliphatic rings. The quantitative estimate of drug-likeness (QED) is 0.660. The smallest absolute Gasteiger partial charge is 0.263 e. The zero-order chi connectivity index (χ0) is 22.5. The van der Waals surface area contributed by atoms with Crippen molar-refractivity contribution in [1.29, 1.82) is 0 Å². The molecule has 2 N–H and O–H groups in total. The summed E-state index contributed by atoms with van der Waals surface area (Å²) < 4.78 is 4.87. The van der Waals surface area contributed by atoms with Crippen molar-refractivity contribution in [2.24, 2.45) is 5.92 Å². The van der Waals surface area contributed by atoms with E-state index in [1.165, 1.54) is 5.06 Å². The number of hydrogen-bond donors (Lipinski definition) is 2. The van der Waals surface area contributed by atoms with Crippen LogP contribution in [0.1, 0.15) is 25.8 Å². The molecule has 0 spiro atoms. The lowest BCUT2D eigenvalue weighted by Gasteiger charge is -2.32. The minimum atomic E-state index is -0.0625. The summed E-state index contributed by atoms with van der Waals surface area (Å²) in [5.41, 5.74) is 2.64. The van der Waals surface area contributed by atoms with Crippen LogP contribution in [-0.4, -0.2) is 47.5 Å². The highest BCUT2D eigenvalue weighted by Crippen LogP contribution is 2.24. The second kappa shape index (κ2) is 13.6. The number of amides is 1. The number of nitrogens with one attached hydrogen (secondary N) is 1. The number of likely N-dealkylation sites (N-methyl/N-ethyl adjacent to an activating group) is 1. The van der Waals surface area contributed by atoms with Crippen molar-refractivity contribution in [3.8, 4) is 11.3 Å². The molecule has 1 amide bonds. The van der Waals surface area contributed by atoms with Gasteiger partial charge in [0.25, 0.3) is 5.91 Å². The number of hydroxylamine groups is 2. The number of halogens is 1. The Morgan fingerprint density at radius 3 is 2.53 bits per heavy atom. The highest BCUT2D eigenvalue weighted by Gasteiger charge is 2.28. The van der Waals surface area contributed by atoms with Crippen LogP contribution in [0.4, 0.5) is 0 Å². The zero-order valence-electron chi connectivity index (χ0n) is 17.7. The number of aliphatic hydroxyl groups excluding tert-OH is 1. The van der Waals surface area contributed by atoms with Gasteiger partial charge in [0.05, 0.1) is 25.5 Å². The number of nitrogens with zero attached hydrogens (tertiary/aromatic N) is 2. The first-order valence-electron chi connectivity index (χ1n) is 9.57. The lowest BCUT2D eigenvalue weighted by molar-refractivity contribution is -0.204. The van der Waals surface area contributed by atoms with Crippen LogP contribution in [0.15, 0.2) is 54.5 Å². The molecular weight excluding hydrogens is 406 g/mol. The molecule has 1 aromatic carbocycles. The maximum absolute atomic E-state index is 11.6. The van der Waals surface area contributed by atoms with E-state index in [2.05, 4.69) is 37.5 Å². The number of aromatic nitrogens is 1. The summed E-state index contributed by atoms with van der Waals surface area (Å²) in [6.07, 6.45) is 4.79. The first-order chi connectivity index (χ1) is 14.4. The number of rotatable bonds is 5. The molecule has 1 saturated heterocycles. The maximum atomic E-state index is 11.6. The largest absolute Gasteiger partial charge is 0.516 e. The molecule has 0 saturated carbocycles. The molecule has 1 aliphatic heterocycles. The molecule has 2 heterocycles. The van der Waals surface area contributed by atoms with Crippen molar-refractivity contribution < 1.29 is 19.3 Å². The fourth-order valence-corrected chi connectivity index (χ4v) is 2.73. The predicted octanol–water partition coefficient (Wildman–Crippen LogP) is 4.72. The number of carbonyl (C=O) groups is 1. The summed E-state index contributed by atoms with van der Waals surface area (Å²) in [6.45, 7) is 12.0. The van der Waals surface area contributed by atoms with Gasteiger partial charge in [0.15, 0.2) is 0 Å². The molecular formula is C22H30ClN3O4. The summed E-state index contributed by atoms with van der Waals surface area (Å²) in [5.74, 6) is 0.502. The van der Waals surface area contributed by atoms with E-state index in [1.54, 1.807) is 19.4 Å². The summed E-state index contributed by atoms with van der Waals surface area (Å²) in [4.78, 5) is 16.9. The van der Waals surface area contributed by atoms with Crippen LogP contribution in [0.3, 0.4) is 0 Å². The van der Waals surface area contributed by atoms with Gasteiger partial charge in [0.1, 0.15) is 12.0 Å². The Bertz CT molecular complexity index is 790. The molecule has 0 bridgehead atoms. The van der Waals surface area contributed by atoms with E-state index in [1.807, 2.05) is 24.3 Å². The topological polar surface area (TPSA) is 87.8 Å². The average molecular weight is 436 g/mol. The number of benzene rings is 1. The lowest BCUT2D eigenvalue weighted by atomic mass is 10.1. The van der Waals surface area contributed by atoms with Crippen molar-refractivity contribution >= 4 is 23.6 Å². The Morgan fingerprint density at radius 2 is 2.00 bits per heavy atom. The summed E-state index contributed by atoms with van der Waals surface area (Å²) in [5, 5.41) is 16.4. The van der Waals surface area contributed by atoms with Gasteiger partial charge >= 0.3 is 0 Å². The molecule has 164 valence electrons. The Morgan fingerprint density at radius 1 is 1.37 bits per heavy atom. The number of carbonyl (C=O) groups excluding carboxylic acids is 1. The number of aliphatic hydroxyl groups is 1. The third-order valence-electron chi connectivity index (χ3n) is 4.01. The van der Waals surface area contributed by atoms with E-state index < -0.39 is 0 Å². The van der Waals surface area contributed by atoms with Gasteiger partial charge in [-0.2, -0.15) is 0 Å². The first kappa shape index (κ1) is 25.4. The highest BCUT2D eigenvalue weighted by molar-refractivity contribution is 6.30. The van der Waals surface area contributed by atoms with E-state index in [0.29, 0.717) is 24.1 Å². The van der Waals surface area contributed by atoms with Crippen molar-refractivity contribution in [1.82, 2.24) is 15.5 Å². The van der Waals surface area contributed by atoms with Crippen molar-refractivity contribution in [2.75, 3.05) is 20.2 Å². The second-order valence-electron chi connectivity index (χ2n) is 6.77. The van der Waals surface area contributed by atoms with Gasteiger partial charge < -0.3 is 14.9 Å². The molecule has 1 fully saturated rings. The molecule has 2 aromatic rings. The summed E-state index contributed by atoms with van der Waals surface area (Å²) >= 11 is 5.78. The van der Waals surface area contributed by atoms with E-state index in [-0.39, 0.29) is 11.9 Å². The fourth-order valence-electron chi connectivity index (χ4n) is 2.60. The van der Waals surface area contributed by atoms with Gasteiger partial charge in [0, 0.05) is 16.1 Å². The van der Waals surface area contributed by atoms with E-state index >= 15 is 0 Å². The zero-order valence-corrected chi connectivity index (χ0v) is 18.4. The minimum absolute atomic E-state index is 0.0578. The highest BCUT2D eigenvalue weighted by atomic mass is 35.5. The van der Waals surface area contributed by atoms with Crippen LogP contribution in [0.25, 0.3) is 17.3 Å². The van der Waals surface area contributed by atoms with E-state index in [9.17, 15) is 4.79 Å². The molecule has 3 rings (SSSR count). The Labute approximate surface area is 182 Å². The van der Waals surface area contributed by atoms with Crippen LogP contribution in [0.2, 0.25) is 5.02 Å². The summed E-state index contributed by atoms with van der Waals surface area (Å²) in [6, 6.07) is 7.37. The van der Waals surface area contributed by atoms with Gasteiger partial charge in [-0.25, -0.2) is 5.06 Å². The molecule has 0 aliphatic carbocycles. The summed E-state index contributed by atoms with van der Waals surface area (Å²) in [7, 11) is 1.81. The van der Waals surface area contributed by atoms with Crippen LogP contribution in [-0.2, 0) is 9.63 Å². The average Bonchev–Trinajstić information content (AvgIpc) is 3.20. The molecule has 30 heavy (non-hydrogen) atoms. The minimum Gasteiger partial charge on any atom is -0.516 e. The van der Waals surface area contributed by atoms with Crippen molar-refractivity contribution in [3.05, 3.63) is 60.5 Å². The predicted molar refractivity (Wildman–Crippen MR) is 120 cm³/mol. The van der Waals surface area contributed by atoms with Crippen LogP contribution in [0.5, 0.6) is 0 Å². The molecule has 8 heteroatoms. The molecule has 0 radical (unpaired) electrons. The van der Waals surface area contributed by atoms with Crippen LogP contribution >= 0.6 is 11.6 Å². The van der Waals surface area contributed by atoms with Gasteiger partial charge in [0.2, 0.25) is 0 Å². The first-order valence-corrected chi connectivity index (χ1v) is 9.95. The Kier molecular flexibility index (Phi) is 11.5. The van der Waals surface area contributed by atoms with Gasteiger partial charge in [-0.1, -0.05) is 62.0 Å². The van der Waals surface area contributed by atoms with Gasteiger partial charge in [-0.05, 0) is 31.5 Å². The maximum Gasteiger partial charge on any atom is 0.263 e. The van der Waals surface area contributed by atoms with Crippen LogP contribution < -0.4 is 5.32 Å². The molecule has 1 aromatic heterocycles. The molecule has 1 unspecified atom stereocenters.